The maximum absolute atomic E-state index is 12.4. The van der Waals surface area contributed by atoms with Crippen LogP contribution in [-0.2, 0) is 13.6 Å². The number of nitrogens with zero attached hydrogens (tertiary/aromatic N) is 4. The van der Waals surface area contributed by atoms with E-state index < -0.39 is 0 Å². The molecule has 1 amide bonds. The molecule has 0 bridgehead atoms. The van der Waals surface area contributed by atoms with Crippen LogP contribution >= 0.6 is 0 Å². The number of aryl methyl sites for hydroxylation is 1. The van der Waals surface area contributed by atoms with E-state index >= 15 is 0 Å². The highest BCUT2D eigenvalue weighted by atomic mass is 16.1. The second-order valence-electron chi connectivity index (χ2n) is 6.54. The van der Waals surface area contributed by atoms with Crippen molar-refractivity contribution in [2.45, 2.75) is 13.5 Å². The molecule has 0 aliphatic heterocycles. The van der Waals surface area contributed by atoms with Crippen molar-refractivity contribution in [3.63, 3.8) is 0 Å². The Bertz CT molecular complexity index is 1110. The van der Waals surface area contributed by atoms with Gasteiger partial charge in [-0.2, -0.15) is 10.2 Å². The average molecular weight is 372 g/mol. The second kappa shape index (κ2) is 7.48. The Morgan fingerprint density at radius 2 is 1.96 bits per heavy atom. The lowest BCUT2D eigenvalue weighted by molar-refractivity contribution is 0.0950. The zero-order valence-electron chi connectivity index (χ0n) is 15.7. The van der Waals surface area contributed by atoms with Gasteiger partial charge in [-0.25, -0.2) is 0 Å². The summed E-state index contributed by atoms with van der Waals surface area (Å²) in [5, 5.41) is 14.4. The first-order valence-corrected chi connectivity index (χ1v) is 8.93. The topological polar surface area (TPSA) is 88.5 Å². The van der Waals surface area contributed by atoms with Crippen molar-refractivity contribution in [3.8, 4) is 22.4 Å². The zero-order valence-corrected chi connectivity index (χ0v) is 15.7. The molecule has 2 N–H and O–H groups in total. The predicted octanol–water partition coefficient (Wildman–Crippen LogP) is 3.11. The zero-order chi connectivity index (χ0) is 19.5. The highest BCUT2D eigenvalue weighted by Crippen LogP contribution is 2.30. The first-order chi connectivity index (χ1) is 13.6. The standard InChI is InChI=1S/C21H20N6O/c1-14-18(13-25-27(14)2)21(28)23-11-15-4-3-5-17(10-15)20-19(12-24-26-20)16-6-8-22-9-7-16/h3-10,12-13H,11H2,1-2H3,(H,23,28)(H,24,26). The third-order valence-electron chi connectivity index (χ3n) is 4.78. The second-order valence-corrected chi connectivity index (χ2v) is 6.54. The lowest BCUT2D eigenvalue weighted by Crippen LogP contribution is -2.23. The molecular formula is C21H20N6O. The molecule has 1 aromatic carbocycles. The van der Waals surface area contributed by atoms with E-state index in [1.807, 2.05) is 50.5 Å². The van der Waals surface area contributed by atoms with Gasteiger partial charge in [-0.05, 0) is 36.2 Å². The van der Waals surface area contributed by atoms with E-state index in [1.165, 1.54) is 0 Å². The smallest absolute Gasteiger partial charge is 0.255 e. The largest absolute Gasteiger partial charge is 0.348 e. The molecule has 0 unspecified atom stereocenters. The first kappa shape index (κ1) is 17.7. The van der Waals surface area contributed by atoms with Crippen molar-refractivity contribution in [1.29, 1.82) is 0 Å². The summed E-state index contributed by atoms with van der Waals surface area (Å²) in [5.41, 5.74) is 6.43. The average Bonchev–Trinajstić information content (AvgIpc) is 3.35. The van der Waals surface area contributed by atoms with Crippen LogP contribution in [0.2, 0.25) is 0 Å². The number of carbonyl (C=O) groups excluding carboxylic acids is 1. The van der Waals surface area contributed by atoms with Gasteiger partial charge in [0.2, 0.25) is 0 Å². The number of rotatable bonds is 5. The Kier molecular flexibility index (Phi) is 4.72. The number of pyridine rings is 1. The highest BCUT2D eigenvalue weighted by Gasteiger charge is 2.13. The van der Waals surface area contributed by atoms with Crippen molar-refractivity contribution in [2.75, 3.05) is 0 Å². The van der Waals surface area contributed by atoms with Crippen LogP contribution in [0.25, 0.3) is 22.4 Å². The minimum absolute atomic E-state index is 0.130. The van der Waals surface area contributed by atoms with Crippen LogP contribution < -0.4 is 5.32 Å². The monoisotopic (exact) mass is 372 g/mol. The number of aromatic nitrogens is 5. The number of H-pyrrole nitrogens is 1. The van der Waals surface area contributed by atoms with Gasteiger partial charge in [0.1, 0.15) is 0 Å². The van der Waals surface area contributed by atoms with Gasteiger partial charge >= 0.3 is 0 Å². The van der Waals surface area contributed by atoms with Gasteiger partial charge in [0.05, 0.1) is 23.7 Å². The minimum atomic E-state index is -0.130. The summed E-state index contributed by atoms with van der Waals surface area (Å²) in [6.07, 6.45) is 6.92. The van der Waals surface area contributed by atoms with E-state index in [-0.39, 0.29) is 5.91 Å². The van der Waals surface area contributed by atoms with Crippen LogP contribution in [0.3, 0.4) is 0 Å². The molecule has 0 aliphatic rings. The van der Waals surface area contributed by atoms with Gasteiger partial charge < -0.3 is 5.32 Å². The third kappa shape index (κ3) is 3.42. The van der Waals surface area contributed by atoms with Crippen LogP contribution in [0.5, 0.6) is 0 Å². The van der Waals surface area contributed by atoms with Crippen LogP contribution in [0.15, 0.2) is 61.2 Å². The molecule has 0 saturated carbocycles. The fourth-order valence-electron chi connectivity index (χ4n) is 3.09. The quantitative estimate of drug-likeness (QED) is 0.563. The first-order valence-electron chi connectivity index (χ1n) is 8.93. The van der Waals surface area contributed by atoms with Gasteiger partial charge in [-0.3, -0.25) is 19.6 Å². The van der Waals surface area contributed by atoms with Gasteiger partial charge in [0, 0.05) is 42.8 Å². The summed E-state index contributed by atoms with van der Waals surface area (Å²) < 4.78 is 1.69. The molecule has 4 aromatic rings. The molecule has 0 fully saturated rings. The van der Waals surface area contributed by atoms with Gasteiger partial charge in [0.15, 0.2) is 0 Å². The Morgan fingerprint density at radius 1 is 1.14 bits per heavy atom. The molecule has 3 aromatic heterocycles. The normalized spacial score (nSPS) is 10.8. The number of amides is 1. The predicted molar refractivity (Wildman–Crippen MR) is 106 cm³/mol. The van der Waals surface area contributed by atoms with Gasteiger partial charge in [-0.15, -0.1) is 0 Å². The maximum Gasteiger partial charge on any atom is 0.255 e. The Balaban J connectivity index is 1.54. The number of hydrogen-bond donors (Lipinski definition) is 2. The molecule has 4 rings (SSSR count). The van der Waals surface area contributed by atoms with E-state index in [1.54, 1.807) is 23.3 Å². The lowest BCUT2D eigenvalue weighted by atomic mass is 10.0. The van der Waals surface area contributed by atoms with E-state index in [2.05, 4.69) is 31.7 Å². The molecule has 0 saturated heterocycles. The lowest BCUT2D eigenvalue weighted by Gasteiger charge is -2.08. The number of carbonyl (C=O) groups is 1. The highest BCUT2D eigenvalue weighted by molar-refractivity contribution is 5.95. The summed E-state index contributed by atoms with van der Waals surface area (Å²) in [7, 11) is 1.82. The van der Waals surface area contributed by atoms with E-state index in [0.29, 0.717) is 12.1 Å². The van der Waals surface area contributed by atoms with Crippen molar-refractivity contribution in [1.82, 2.24) is 30.3 Å². The molecular weight excluding hydrogens is 352 g/mol. The number of nitrogens with one attached hydrogen (secondary N) is 2. The van der Waals surface area contributed by atoms with Crippen LogP contribution in [0, 0.1) is 6.92 Å². The van der Waals surface area contributed by atoms with Crippen LogP contribution in [0.4, 0.5) is 0 Å². The minimum Gasteiger partial charge on any atom is -0.348 e. The molecule has 7 nitrogen and oxygen atoms in total. The Labute approximate surface area is 162 Å². The molecule has 0 atom stereocenters. The molecule has 0 spiro atoms. The molecule has 0 radical (unpaired) electrons. The van der Waals surface area contributed by atoms with Crippen LogP contribution in [0.1, 0.15) is 21.6 Å². The third-order valence-corrected chi connectivity index (χ3v) is 4.78. The Hall–Kier alpha value is -3.74. The molecule has 3 heterocycles. The number of benzene rings is 1. The SMILES string of the molecule is Cc1c(C(=O)NCc2cccc(-c3[nH]ncc3-c3ccncc3)c2)cnn1C. The van der Waals surface area contributed by atoms with Crippen molar-refractivity contribution in [2.24, 2.45) is 7.05 Å². The van der Waals surface area contributed by atoms with Crippen molar-refractivity contribution < 1.29 is 4.79 Å². The summed E-state index contributed by atoms with van der Waals surface area (Å²) in [6, 6.07) is 11.9. The van der Waals surface area contributed by atoms with Crippen molar-refractivity contribution >= 4 is 5.91 Å². The molecule has 0 aliphatic carbocycles. The van der Waals surface area contributed by atoms with E-state index in [4.69, 9.17) is 0 Å². The molecule has 7 heteroatoms. The Morgan fingerprint density at radius 3 is 2.71 bits per heavy atom. The molecule has 28 heavy (non-hydrogen) atoms. The summed E-state index contributed by atoms with van der Waals surface area (Å²) in [4.78, 5) is 16.5. The van der Waals surface area contributed by atoms with Gasteiger partial charge in [-0.1, -0.05) is 18.2 Å². The van der Waals surface area contributed by atoms with Gasteiger partial charge in [0.25, 0.3) is 5.91 Å². The fraction of sp³-hybridized carbons (Fsp3) is 0.143. The summed E-state index contributed by atoms with van der Waals surface area (Å²) in [5.74, 6) is -0.130. The van der Waals surface area contributed by atoms with E-state index in [9.17, 15) is 4.79 Å². The summed E-state index contributed by atoms with van der Waals surface area (Å²) >= 11 is 0. The van der Waals surface area contributed by atoms with Crippen LogP contribution in [-0.4, -0.2) is 30.9 Å². The molecule has 140 valence electrons. The van der Waals surface area contributed by atoms with Crippen molar-refractivity contribution in [3.05, 3.63) is 78.0 Å². The fourth-order valence-corrected chi connectivity index (χ4v) is 3.09. The number of hydrogen-bond acceptors (Lipinski definition) is 4. The maximum atomic E-state index is 12.4. The number of aromatic amines is 1. The summed E-state index contributed by atoms with van der Waals surface area (Å²) in [6.45, 7) is 2.31. The van der Waals surface area contributed by atoms with E-state index in [0.717, 1.165) is 33.6 Å².